The molecule has 0 aliphatic heterocycles. The number of halogens is 3. The molecule has 0 bridgehead atoms. The van der Waals surface area contributed by atoms with E-state index in [0.717, 1.165) is 12.3 Å². The molecule has 0 aromatic carbocycles. The molecule has 0 amide bonds. The second kappa shape index (κ2) is 2.69. The number of hydrogen-bond acceptors (Lipinski definition) is 2. The maximum atomic E-state index is 12.1. The second-order valence-corrected chi connectivity index (χ2v) is 2.42. The number of anilines is 1. The average Bonchev–Trinajstić information content (AvgIpc) is 1.92. The summed E-state index contributed by atoms with van der Waals surface area (Å²) in [5, 5.41) is 0. The van der Waals surface area contributed by atoms with Crippen LogP contribution in [-0.4, -0.2) is 12.8 Å². The van der Waals surface area contributed by atoms with Gasteiger partial charge in [-0.3, -0.25) is 0 Å². The molecule has 0 aliphatic carbocycles. The van der Waals surface area contributed by atoms with Gasteiger partial charge in [-0.05, 0) is 6.07 Å². The lowest BCUT2D eigenvalue weighted by Gasteiger charge is -2.09. The monoisotopic (exact) mass is 174 g/mol. The molecule has 0 atom stereocenters. The number of aromatic nitrogens is 1. The van der Waals surface area contributed by atoms with Crippen LogP contribution in [0.25, 0.3) is 0 Å². The van der Waals surface area contributed by atoms with E-state index < -0.39 is 11.7 Å². The Balaban J connectivity index is 3.23. The van der Waals surface area contributed by atoms with Crippen molar-refractivity contribution in [2.24, 2.45) is 0 Å². The number of nitrogens with two attached hydrogens (primary N) is 1. The van der Waals surface area contributed by atoms with E-state index in [4.69, 9.17) is 5.73 Å². The van der Waals surface area contributed by atoms with Crippen LogP contribution in [0, 0.1) is 0 Å². The molecule has 0 unspecified atom stereocenters. The molecule has 0 radical (unpaired) electrons. The lowest BCUT2D eigenvalue weighted by molar-refractivity contribution is -0.136. The van der Waals surface area contributed by atoms with Crippen molar-refractivity contribution in [3.8, 4) is 0 Å². The van der Waals surface area contributed by atoms with Gasteiger partial charge in [0.25, 0.3) is 0 Å². The van der Waals surface area contributed by atoms with E-state index in [9.17, 15) is 13.2 Å². The highest BCUT2D eigenvalue weighted by Crippen LogP contribution is 2.27. The maximum Gasteiger partial charge on any atom is 0.416 e. The summed E-state index contributed by atoms with van der Waals surface area (Å²) in [4.78, 5) is 3.53. The van der Waals surface area contributed by atoms with Gasteiger partial charge in [-0.25, -0.2) is 4.98 Å². The fraction of sp³-hybridized carbons (Fsp3) is 0.167. The van der Waals surface area contributed by atoms with Crippen LogP contribution in [0.4, 0.5) is 19.0 Å². The first kappa shape index (κ1) is 8.90. The van der Waals surface area contributed by atoms with Gasteiger partial charge >= 0.3 is 6.18 Å². The minimum absolute atomic E-state index is 0.0803. The first-order valence-corrected chi connectivity index (χ1v) is 3.20. The number of nitrogen functional groups attached to an aromatic ring is 1. The van der Waals surface area contributed by atoms with Crippen LogP contribution < -0.4 is 11.2 Å². The van der Waals surface area contributed by atoms with Gasteiger partial charge in [-0.2, -0.15) is 13.2 Å². The van der Waals surface area contributed by atoms with Gasteiger partial charge in [0.1, 0.15) is 13.7 Å². The Labute approximate surface area is 68.0 Å². The first-order chi connectivity index (χ1) is 5.41. The molecule has 0 saturated heterocycles. The highest BCUT2D eigenvalue weighted by atomic mass is 19.4. The zero-order valence-corrected chi connectivity index (χ0v) is 6.31. The lowest BCUT2D eigenvalue weighted by atomic mass is 9.92. The maximum absolute atomic E-state index is 12.1. The van der Waals surface area contributed by atoms with Crippen molar-refractivity contribution in [2.75, 3.05) is 5.73 Å². The van der Waals surface area contributed by atoms with Crippen molar-refractivity contribution >= 4 is 19.1 Å². The minimum Gasteiger partial charge on any atom is -0.384 e. The van der Waals surface area contributed by atoms with Gasteiger partial charge in [0.15, 0.2) is 0 Å². The quantitative estimate of drug-likeness (QED) is 0.559. The van der Waals surface area contributed by atoms with Crippen LogP contribution in [0.2, 0.25) is 0 Å². The van der Waals surface area contributed by atoms with E-state index in [0.29, 0.717) is 0 Å². The van der Waals surface area contributed by atoms with Crippen LogP contribution in [0.5, 0.6) is 0 Å². The third kappa shape index (κ3) is 1.69. The van der Waals surface area contributed by atoms with Gasteiger partial charge in [0.2, 0.25) is 0 Å². The van der Waals surface area contributed by atoms with Gasteiger partial charge in [-0.15, -0.1) is 0 Å². The molecule has 2 nitrogen and oxygen atoms in total. The highest BCUT2D eigenvalue weighted by molar-refractivity contribution is 6.33. The average molecular weight is 174 g/mol. The van der Waals surface area contributed by atoms with E-state index in [1.165, 1.54) is 7.85 Å². The number of rotatable bonds is 0. The molecule has 0 spiro atoms. The number of nitrogens with zero attached hydrogens (tertiary/aromatic N) is 1. The number of pyridine rings is 1. The van der Waals surface area contributed by atoms with E-state index in [1.54, 1.807) is 0 Å². The van der Waals surface area contributed by atoms with Gasteiger partial charge in [0.05, 0.1) is 5.56 Å². The molecule has 12 heavy (non-hydrogen) atoms. The summed E-state index contributed by atoms with van der Waals surface area (Å²) in [6.45, 7) is 0. The Morgan fingerprint density at radius 2 is 2.00 bits per heavy atom. The topological polar surface area (TPSA) is 38.9 Å². The zero-order valence-electron chi connectivity index (χ0n) is 6.31. The van der Waals surface area contributed by atoms with Crippen molar-refractivity contribution < 1.29 is 13.2 Å². The Morgan fingerprint density at radius 3 is 2.42 bits per heavy atom. The van der Waals surface area contributed by atoms with Crippen molar-refractivity contribution in [1.82, 2.24) is 4.98 Å². The molecular weight excluding hydrogens is 168 g/mol. The Bertz CT molecular complexity index is 297. The summed E-state index contributed by atoms with van der Waals surface area (Å²) in [6.07, 6.45) is -3.24. The Morgan fingerprint density at radius 1 is 1.42 bits per heavy atom. The van der Waals surface area contributed by atoms with E-state index in [2.05, 4.69) is 4.98 Å². The SMILES string of the molecule is Bc1cnc(N)cc1C(F)(F)F. The third-order valence-electron chi connectivity index (χ3n) is 1.43. The minimum atomic E-state index is -4.35. The zero-order chi connectivity index (χ0) is 9.35. The van der Waals surface area contributed by atoms with Gasteiger partial charge in [-0.1, -0.05) is 5.46 Å². The summed E-state index contributed by atoms with van der Waals surface area (Å²) >= 11 is 0. The summed E-state index contributed by atoms with van der Waals surface area (Å²) < 4.78 is 36.4. The fourth-order valence-electron chi connectivity index (χ4n) is 0.845. The number of hydrogen-bond donors (Lipinski definition) is 1. The summed E-state index contributed by atoms with van der Waals surface area (Å²) in [5.74, 6) is -0.118. The summed E-state index contributed by atoms with van der Waals surface area (Å²) in [7, 11) is 1.34. The summed E-state index contributed by atoms with van der Waals surface area (Å²) in [5.41, 5.74) is 4.47. The second-order valence-electron chi connectivity index (χ2n) is 2.42. The van der Waals surface area contributed by atoms with Crippen LogP contribution in [0.15, 0.2) is 12.3 Å². The molecular formula is C6H6BF3N2. The molecule has 2 N–H and O–H groups in total. The standard InChI is InChI=1S/C6H6BF3N2/c7-4-2-12-5(11)1-3(4)6(8,9)10/h1-2H,7H2,(H2,11,12). The van der Waals surface area contributed by atoms with Crippen molar-refractivity contribution in [1.29, 1.82) is 0 Å². The Hall–Kier alpha value is -1.20. The number of alkyl halides is 3. The first-order valence-electron chi connectivity index (χ1n) is 3.20. The molecule has 1 aromatic rings. The highest BCUT2D eigenvalue weighted by Gasteiger charge is 2.32. The van der Waals surface area contributed by atoms with Crippen molar-refractivity contribution in [3.63, 3.8) is 0 Å². The van der Waals surface area contributed by atoms with Crippen molar-refractivity contribution in [2.45, 2.75) is 6.18 Å². The third-order valence-corrected chi connectivity index (χ3v) is 1.43. The molecule has 0 saturated carbocycles. The molecule has 1 heterocycles. The van der Waals surface area contributed by atoms with Gasteiger partial charge < -0.3 is 5.73 Å². The summed E-state index contributed by atoms with van der Waals surface area (Å²) in [6, 6.07) is 0.829. The Kier molecular flexibility index (Phi) is 2.00. The van der Waals surface area contributed by atoms with E-state index in [1.807, 2.05) is 0 Å². The van der Waals surface area contributed by atoms with E-state index in [-0.39, 0.29) is 11.3 Å². The van der Waals surface area contributed by atoms with Gasteiger partial charge in [0, 0.05) is 6.20 Å². The smallest absolute Gasteiger partial charge is 0.384 e. The van der Waals surface area contributed by atoms with Crippen LogP contribution in [0.3, 0.4) is 0 Å². The predicted octanol–water partition coefficient (Wildman–Crippen LogP) is -0.0590. The van der Waals surface area contributed by atoms with E-state index >= 15 is 0 Å². The lowest BCUT2D eigenvalue weighted by Crippen LogP contribution is -2.20. The molecule has 1 aromatic heterocycles. The largest absolute Gasteiger partial charge is 0.416 e. The fourth-order valence-corrected chi connectivity index (χ4v) is 0.845. The molecule has 64 valence electrons. The normalized spacial score (nSPS) is 11.6. The predicted molar refractivity (Wildman–Crippen MR) is 41.8 cm³/mol. The molecule has 0 fully saturated rings. The molecule has 1 rings (SSSR count). The molecule has 6 heteroatoms. The van der Waals surface area contributed by atoms with Crippen LogP contribution in [0.1, 0.15) is 5.56 Å². The molecule has 0 aliphatic rings. The van der Waals surface area contributed by atoms with Crippen LogP contribution in [-0.2, 0) is 6.18 Å². The van der Waals surface area contributed by atoms with Crippen LogP contribution >= 0.6 is 0 Å². The van der Waals surface area contributed by atoms with Crippen molar-refractivity contribution in [3.05, 3.63) is 17.8 Å².